The van der Waals surface area contributed by atoms with E-state index in [0.29, 0.717) is 30.5 Å². The van der Waals surface area contributed by atoms with Crippen LogP contribution >= 0.6 is 0 Å². The number of hydrogen-bond donors (Lipinski definition) is 1. The standard InChI is InChI=1S/C18H21N3O6/c1-3-18(2)15(23)21(16(24)19-18)11-14(22)26-10-6-9-20-12-7-4-5-8-13(12)27-17(20)25/h4-5,7-8H,3,6,9-11H2,1-2H3,(H,19,24). The van der Waals surface area contributed by atoms with Crippen LogP contribution in [-0.4, -0.2) is 46.1 Å². The molecular formula is C18H21N3O6. The van der Waals surface area contributed by atoms with E-state index in [1.165, 1.54) is 4.57 Å². The largest absolute Gasteiger partial charge is 0.464 e. The maximum Gasteiger partial charge on any atom is 0.419 e. The van der Waals surface area contributed by atoms with Gasteiger partial charge in [-0.15, -0.1) is 0 Å². The summed E-state index contributed by atoms with van der Waals surface area (Å²) < 4.78 is 11.7. The zero-order valence-electron chi connectivity index (χ0n) is 15.2. The Bertz CT molecular complexity index is 946. The first-order valence-electron chi connectivity index (χ1n) is 8.74. The molecule has 9 nitrogen and oxygen atoms in total. The van der Waals surface area contributed by atoms with Crippen LogP contribution in [0, 0.1) is 0 Å². The molecule has 1 N–H and O–H groups in total. The summed E-state index contributed by atoms with van der Waals surface area (Å²) in [4.78, 5) is 48.8. The molecule has 1 fully saturated rings. The van der Waals surface area contributed by atoms with E-state index in [0.717, 1.165) is 4.90 Å². The predicted octanol–water partition coefficient (Wildman–Crippen LogP) is 1.25. The van der Waals surface area contributed by atoms with Crippen LogP contribution in [0.2, 0.25) is 0 Å². The molecule has 1 saturated heterocycles. The normalized spacial score (nSPS) is 19.6. The van der Waals surface area contributed by atoms with Gasteiger partial charge in [0.1, 0.15) is 12.1 Å². The van der Waals surface area contributed by atoms with E-state index in [9.17, 15) is 19.2 Å². The number of nitrogens with one attached hydrogen (secondary N) is 1. The van der Waals surface area contributed by atoms with Crippen molar-refractivity contribution in [1.82, 2.24) is 14.8 Å². The van der Waals surface area contributed by atoms with Gasteiger partial charge in [0, 0.05) is 6.54 Å². The second-order valence-electron chi connectivity index (χ2n) is 6.57. The number of carbonyl (C=O) groups is 3. The third kappa shape index (κ3) is 3.57. The van der Waals surface area contributed by atoms with Crippen LogP contribution in [0.15, 0.2) is 33.5 Å². The van der Waals surface area contributed by atoms with Gasteiger partial charge in [-0.05, 0) is 31.9 Å². The number of oxazole rings is 1. The number of carbonyl (C=O) groups excluding carboxylic acids is 3. The molecule has 2 heterocycles. The molecule has 0 bridgehead atoms. The topological polar surface area (TPSA) is 111 Å². The predicted molar refractivity (Wildman–Crippen MR) is 95.0 cm³/mol. The smallest absolute Gasteiger partial charge is 0.419 e. The maximum absolute atomic E-state index is 12.2. The van der Waals surface area contributed by atoms with E-state index in [-0.39, 0.29) is 6.61 Å². The van der Waals surface area contributed by atoms with E-state index >= 15 is 0 Å². The van der Waals surface area contributed by atoms with Crippen molar-refractivity contribution in [2.75, 3.05) is 13.2 Å². The first-order chi connectivity index (χ1) is 12.9. The lowest BCUT2D eigenvalue weighted by atomic mass is 9.99. The molecule has 0 spiro atoms. The minimum atomic E-state index is -0.985. The highest BCUT2D eigenvalue weighted by molar-refractivity contribution is 6.08. The lowest BCUT2D eigenvalue weighted by molar-refractivity contribution is -0.147. The van der Waals surface area contributed by atoms with Gasteiger partial charge in [0.05, 0.1) is 12.1 Å². The van der Waals surface area contributed by atoms with Crippen molar-refractivity contribution in [3.63, 3.8) is 0 Å². The number of aromatic nitrogens is 1. The lowest BCUT2D eigenvalue weighted by Crippen LogP contribution is -2.43. The Morgan fingerprint density at radius 1 is 1.26 bits per heavy atom. The van der Waals surface area contributed by atoms with Crippen LogP contribution in [0.25, 0.3) is 11.1 Å². The fourth-order valence-electron chi connectivity index (χ4n) is 2.94. The summed E-state index contributed by atoms with van der Waals surface area (Å²) in [5.41, 5.74) is 0.185. The third-order valence-electron chi connectivity index (χ3n) is 4.70. The Kier molecular flexibility index (Phi) is 5.02. The number of benzene rings is 1. The van der Waals surface area contributed by atoms with Crippen LogP contribution < -0.4 is 11.1 Å². The molecule has 1 aromatic carbocycles. The van der Waals surface area contributed by atoms with Crippen molar-refractivity contribution < 1.29 is 23.5 Å². The molecule has 0 saturated carbocycles. The number of esters is 1. The van der Waals surface area contributed by atoms with Gasteiger partial charge in [0.25, 0.3) is 5.91 Å². The number of amides is 3. The van der Waals surface area contributed by atoms with Crippen LogP contribution in [-0.2, 0) is 20.9 Å². The molecule has 1 aliphatic rings. The van der Waals surface area contributed by atoms with Crippen molar-refractivity contribution in [1.29, 1.82) is 0 Å². The molecule has 1 atom stereocenters. The Morgan fingerprint density at radius 2 is 2.00 bits per heavy atom. The average molecular weight is 375 g/mol. The van der Waals surface area contributed by atoms with Crippen LogP contribution in [0.3, 0.4) is 0 Å². The van der Waals surface area contributed by atoms with Crippen LogP contribution in [0.4, 0.5) is 4.79 Å². The van der Waals surface area contributed by atoms with E-state index in [4.69, 9.17) is 9.15 Å². The Balaban J connectivity index is 1.50. The van der Waals surface area contributed by atoms with E-state index in [1.54, 1.807) is 38.1 Å². The minimum Gasteiger partial charge on any atom is -0.464 e. The lowest BCUT2D eigenvalue weighted by Gasteiger charge is -2.18. The number of para-hydroxylation sites is 2. The summed E-state index contributed by atoms with van der Waals surface area (Å²) in [6.07, 6.45) is 0.818. The van der Waals surface area contributed by atoms with Gasteiger partial charge in [0.2, 0.25) is 0 Å². The highest BCUT2D eigenvalue weighted by Gasteiger charge is 2.47. The number of aryl methyl sites for hydroxylation is 1. The number of ether oxygens (including phenoxy) is 1. The molecule has 0 radical (unpaired) electrons. The quantitative estimate of drug-likeness (QED) is 0.443. The molecule has 1 aliphatic heterocycles. The summed E-state index contributed by atoms with van der Waals surface area (Å²) in [5, 5.41) is 2.58. The maximum atomic E-state index is 12.2. The molecule has 9 heteroatoms. The monoisotopic (exact) mass is 375 g/mol. The molecule has 27 heavy (non-hydrogen) atoms. The number of fused-ring (bicyclic) bond motifs is 1. The van der Waals surface area contributed by atoms with Gasteiger partial charge in [-0.1, -0.05) is 19.1 Å². The van der Waals surface area contributed by atoms with Gasteiger partial charge < -0.3 is 14.5 Å². The van der Waals surface area contributed by atoms with Gasteiger partial charge in [0.15, 0.2) is 5.58 Å². The number of urea groups is 1. The molecule has 0 aliphatic carbocycles. The van der Waals surface area contributed by atoms with E-state index in [1.807, 2.05) is 0 Å². The van der Waals surface area contributed by atoms with Crippen LogP contribution in [0.5, 0.6) is 0 Å². The first kappa shape index (κ1) is 18.7. The number of rotatable bonds is 7. The zero-order valence-corrected chi connectivity index (χ0v) is 15.2. The Hall–Kier alpha value is -3.10. The second kappa shape index (κ2) is 7.26. The summed E-state index contributed by atoms with van der Waals surface area (Å²) in [6, 6.07) is 6.45. The number of imide groups is 1. The second-order valence-corrected chi connectivity index (χ2v) is 6.57. The highest BCUT2D eigenvalue weighted by atomic mass is 16.5. The van der Waals surface area contributed by atoms with E-state index < -0.39 is 35.7 Å². The SMILES string of the molecule is CCC1(C)NC(=O)N(CC(=O)OCCCn2c(=O)oc3ccccc32)C1=O. The number of nitrogens with zero attached hydrogens (tertiary/aromatic N) is 2. The number of hydrogen-bond acceptors (Lipinski definition) is 6. The zero-order chi connectivity index (χ0) is 19.6. The fourth-order valence-corrected chi connectivity index (χ4v) is 2.94. The van der Waals surface area contributed by atoms with Crippen molar-refractivity contribution in [3.05, 3.63) is 34.8 Å². The summed E-state index contributed by atoms with van der Waals surface area (Å²) in [7, 11) is 0. The summed E-state index contributed by atoms with van der Waals surface area (Å²) >= 11 is 0. The van der Waals surface area contributed by atoms with Gasteiger partial charge in [-0.3, -0.25) is 19.1 Å². The van der Waals surface area contributed by atoms with Gasteiger partial charge >= 0.3 is 17.8 Å². The highest BCUT2D eigenvalue weighted by Crippen LogP contribution is 2.20. The van der Waals surface area contributed by atoms with Crippen molar-refractivity contribution >= 4 is 29.0 Å². The molecule has 2 aromatic rings. The van der Waals surface area contributed by atoms with Crippen molar-refractivity contribution in [3.8, 4) is 0 Å². The molecular weight excluding hydrogens is 354 g/mol. The van der Waals surface area contributed by atoms with Crippen LogP contribution in [0.1, 0.15) is 26.7 Å². The van der Waals surface area contributed by atoms with Gasteiger partial charge in [-0.2, -0.15) is 0 Å². The molecule has 144 valence electrons. The molecule has 1 aromatic heterocycles. The fraction of sp³-hybridized carbons (Fsp3) is 0.444. The minimum absolute atomic E-state index is 0.0550. The summed E-state index contributed by atoms with van der Waals surface area (Å²) in [5.74, 6) is -1.59. The molecule has 3 amide bonds. The summed E-state index contributed by atoms with van der Waals surface area (Å²) in [6.45, 7) is 3.33. The van der Waals surface area contributed by atoms with E-state index in [2.05, 4.69) is 5.32 Å². The van der Waals surface area contributed by atoms with Crippen molar-refractivity contribution in [2.45, 2.75) is 38.8 Å². The Morgan fingerprint density at radius 3 is 2.70 bits per heavy atom. The molecule has 1 unspecified atom stereocenters. The van der Waals surface area contributed by atoms with Gasteiger partial charge in [-0.25, -0.2) is 9.59 Å². The average Bonchev–Trinajstić information content (AvgIpc) is 3.07. The molecule has 3 rings (SSSR count). The third-order valence-corrected chi connectivity index (χ3v) is 4.70. The Labute approximate surface area is 154 Å². The first-order valence-corrected chi connectivity index (χ1v) is 8.74. The van der Waals surface area contributed by atoms with Crippen molar-refractivity contribution in [2.24, 2.45) is 0 Å².